The molecule has 2 aromatic carbocycles. The van der Waals surface area contributed by atoms with E-state index in [4.69, 9.17) is 14.5 Å². The largest absolute Gasteiger partial charge is 0.493 e. The van der Waals surface area contributed by atoms with Gasteiger partial charge >= 0.3 is 0 Å². The maximum Gasteiger partial charge on any atom is 0.225 e. The Balaban J connectivity index is 1.47. The summed E-state index contributed by atoms with van der Waals surface area (Å²) in [5, 5.41) is 9.90. The molecule has 6 nitrogen and oxygen atoms in total. The van der Waals surface area contributed by atoms with Gasteiger partial charge in [0.1, 0.15) is 5.82 Å². The second-order valence-electron chi connectivity index (χ2n) is 6.71. The molecule has 0 aliphatic rings. The number of hydrogen-bond acceptors (Lipinski definition) is 7. The lowest BCUT2D eigenvalue weighted by Gasteiger charge is -2.12. The molecule has 4 rings (SSSR count). The molecule has 0 amide bonds. The van der Waals surface area contributed by atoms with Gasteiger partial charge in [0.05, 0.1) is 26.3 Å². The molecule has 0 unspecified atom stereocenters. The molecule has 0 aliphatic carbocycles. The fraction of sp³-hybridized carbons (Fsp3) is 0.217. The van der Waals surface area contributed by atoms with Gasteiger partial charge in [-0.2, -0.15) is 4.98 Å². The minimum absolute atomic E-state index is 0.614. The summed E-state index contributed by atoms with van der Waals surface area (Å²) in [5.74, 6) is 2.91. The van der Waals surface area contributed by atoms with Gasteiger partial charge in [0.25, 0.3) is 0 Å². The predicted octanol–water partition coefficient (Wildman–Crippen LogP) is 4.98. The van der Waals surface area contributed by atoms with Crippen molar-refractivity contribution in [2.75, 3.05) is 31.4 Å². The van der Waals surface area contributed by atoms with Crippen molar-refractivity contribution in [3.63, 3.8) is 0 Å². The van der Waals surface area contributed by atoms with Crippen LogP contribution in [-0.4, -0.2) is 30.7 Å². The second-order valence-corrected chi connectivity index (χ2v) is 7.74. The lowest BCUT2D eigenvalue weighted by molar-refractivity contribution is 0.354. The lowest BCUT2D eigenvalue weighted by Crippen LogP contribution is -2.10. The summed E-state index contributed by atoms with van der Waals surface area (Å²) in [6, 6.07) is 18.2. The number of hydrogen-bond donors (Lipinski definition) is 2. The molecule has 0 saturated carbocycles. The van der Waals surface area contributed by atoms with Gasteiger partial charge in [-0.15, -0.1) is 11.3 Å². The number of nitrogens with zero attached hydrogens (tertiary/aromatic N) is 2. The summed E-state index contributed by atoms with van der Waals surface area (Å²) in [7, 11) is 3.29. The van der Waals surface area contributed by atoms with Gasteiger partial charge < -0.3 is 20.1 Å². The van der Waals surface area contributed by atoms with Gasteiger partial charge in [-0.1, -0.05) is 24.3 Å². The lowest BCUT2D eigenvalue weighted by atomic mass is 10.1. The highest BCUT2D eigenvalue weighted by Gasteiger charge is 2.09. The summed E-state index contributed by atoms with van der Waals surface area (Å²) in [4.78, 5) is 10.7. The van der Waals surface area contributed by atoms with Crippen LogP contribution in [0, 0.1) is 0 Å². The molecule has 2 heterocycles. The average molecular weight is 421 g/mol. The van der Waals surface area contributed by atoms with Crippen LogP contribution in [0.3, 0.4) is 0 Å². The van der Waals surface area contributed by atoms with Crippen molar-refractivity contribution < 1.29 is 9.47 Å². The first-order valence-corrected chi connectivity index (χ1v) is 10.6. The highest BCUT2D eigenvalue weighted by Crippen LogP contribution is 2.28. The van der Waals surface area contributed by atoms with Crippen molar-refractivity contribution in [1.29, 1.82) is 0 Å². The average Bonchev–Trinajstić information content (AvgIpc) is 3.31. The standard InChI is InChI=1S/C23H24N4O2S/c1-28-20-10-9-16(14-21(20)29-2)11-12-24-23-26-19-8-4-3-7-18(19)22(27-23)25-15-17-6-5-13-30-17/h3-10,13-14H,11-12,15H2,1-2H3,(H2,24,25,26,27). The Hall–Kier alpha value is -3.32. The van der Waals surface area contributed by atoms with Crippen molar-refractivity contribution in [3.8, 4) is 11.5 Å². The van der Waals surface area contributed by atoms with E-state index in [-0.39, 0.29) is 0 Å². The second kappa shape index (κ2) is 9.45. The Morgan fingerprint density at radius 2 is 1.77 bits per heavy atom. The van der Waals surface area contributed by atoms with Crippen LogP contribution >= 0.6 is 11.3 Å². The SMILES string of the molecule is COc1ccc(CCNc2nc(NCc3cccs3)c3ccccc3n2)cc1OC. The predicted molar refractivity (Wildman–Crippen MR) is 123 cm³/mol. The molecule has 7 heteroatoms. The Labute approximate surface area is 179 Å². The first-order chi connectivity index (χ1) is 14.8. The zero-order valence-electron chi connectivity index (χ0n) is 17.0. The van der Waals surface area contributed by atoms with Gasteiger partial charge in [-0.25, -0.2) is 4.98 Å². The third-order valence-electron chi connectivity index (χ3n) is 4.76. The number of fused-ring (bicyclic) bond motifs is 1. The summed E-state index contributed by atoms with van der Waals surface area (Å²) in [6.45, 7) is 1.45. The Morgan fingerprint density at radius 1 is 0.900 bits per heavy atom. The van der Waals surface area contributed by atoms with Crippen LogP contribution < -0.4 is 20.1 Å². The topological polar surface area (TPSA) is 68.3 Å². The maximum absolute atomic E-state index is 5.39. The van der Waals surface area contributed by atoms with Crippen molar-refractivity contribution in [2.45, 2.75) is 13.0 Å². The van der Waals surface area contributed by atoms with E-state index in [1.54, 1.807) is 25.6 Å². The van der Waals surface area contributed by atoms with Crippen LogP contribution in [0.1, 0.15) is 10.4 Å². The molecule has 0 radical (unpaired) electrons. The van der Waals surface area contributed by atoms with Crippen LogP contribution in [0.2, 0.25) is 0 Å². The molecule has 0 spiro atoms. The van der Waals surface area contributed by atoms with Gasteiger partial charge in [0, 0.05) is 16.8 Å². The number of para-hydroxylation sites is 1. The van der Waals surface area contributed by atoms with E-state index in [0.29, 0.717) is 12.5 Å². The summed E-state index contributed by atoms with van der Waals surface area (Å²) in [5.41, 5.74) is 2.06. The van der Waals surface area contributed by atoms with E-state index in [0.717, 1.165) is 46.7 Å². The number of methoxy groups -OCH3 is 2. The normalized spacial score (nSPS) is 10.7. The first kappa shape index (κ1) is 20.0. The number of aromatic nitrogens is 2. The van der Waals surface area contributed by atoms with E-state index in [2.05, 4.69) is 33.1 Å². The van der Waals surface area contributed by atoms with Crippen LogP contribution in [0.4, 0.5) is 11.8 Å². The highest BCUT2D eigenvalue weighted by atomic mass is 32.1. The number of ether oxygens (including phenoxy) is 2. The molecular weight excluding hydrogens is 396 g/mol. The van der Waals surface area contributed by atoms with Gasteiger partial charge in [-0.3, -0.25) is 0 Å². The molecule has 2 N–H and O–H groups in total. The molecule has 4 aromatic rings. The van der Waals surface area contributed by atoms with Crippen LogP contribution in [0.25, 0.3) is 10.9 Å². The van der Waals surface area contributed by atoms with Crippen molar-refractivity contribution in [1.82, 2.24) is 9.97 Å². The third kappa shape index (κ3) is 4.63. The molecular formula is C23H24N4O2S. The summed E-state index contributed by atoms with van der Waals surface area (Å²) in [6.07, 6.45) is 0.814. The fourth-order valence-corrected chi connectivity index (χ4v) is 3.87. The fourth-order valence-electron chi connectivity index (χ4n) is 3.23. The number of thiophene rings is 1. The third-order valence-corrected chi connectivity index (χ3v) is 5.63. The van der Waals surface area contributed by atoms with Gasteiger partial charge in [0.15, 0.2) is 11.5 Å². The Bertz CT molecular complexity index is 1120. The van der Waals surface area contributed by atoms with Crippen LogP contribution in [0.5, 0.6) is 11.5 Å². The van der Waals surface area contributed by atoms with Crippen LogP contribution in [0.15, 0.2) is 60.0 Å². The molecule has 0 aliphatic heterocycles. The molecule has 0 saturated heterocycles. The van der Waals surface area contributed by atoms with Crippen molar-refractivity contribution >= 4 is 34.0 Å². The quantitative estimate of drug-likeness (QED) is 0.398. The smallest absolute Gasteiger partial charge is 0.225 e. The van der Waals surface area contributed by atoms with E-state index in [9.17, 15) is 0 Å². The molecule has 154 valence electrons. The number of benzene rings is 2. The number of anilines is 2. The molecule has 0 fully saturated rings. The van der Waals surface area contributed by atoms with E-state index in [1.165, 1.54) is 4.88 Å². The molecule has 30 heavy (non-hydrogen) atoms. The van der Waals surface area contributed by atoms with Gasteiger partial charge in [0.2, 0.25) is 5.95 Å². The molecule has 2 aromatic heterocycles. The van der Waals surface area contributed by atoms with E-state index in [1.807, 2.05) is 42.5 Å². The number of nitrogens with one attached hydrogen (secondary N) is 2. The molecule has 0 bridgehead atoms. The van der Waals surface area contributed by atoms with E-state index < -0.39 is 0 Å². The minimum Gasteiger partial charge on any atom is -0.493 e. The van der Waals surface area contributed by atoms with Crippen LogP contribution in [-0.2, 0) is 13.0 Å². The first-order valence-electron chi connectivity index (χ1n) is 9.74. The zero-order valence-corrected chi connectivity index (χ0v) is 17.8. The van der Waals surface area contributed by atoms with E-state index >= 15 is 0 Å². The Kier molecular flexibility index (Phi) is 6.29. The van der Waals surface area contributed by atoms with Crippen molar-refractivity contribution in [3.05, 3.63) is 70.4 Å². The van der Waals surface area contributed by atoms with Gasteiger partial charge in [-0.05, 0) is 47.7 Å². The molecule has 0 atom stereocenters. The monoisotopic (exact) mass is 420 g/mol. The maximum atomic E-state index is 5.39. The summed E-state index contributed by atoms with van der Waals surface area (Å²) < 4.78 is 10.7. The highest BCUT2D eigenvalue weighted by molar-refractivity contribution is 7.09. The summed E-state index contributed by atoms with van der Waals surface area (Å²) >= 11 is 1.73. The number of rotatable bonds is 9. The Morgan fingerprint density at radius 3 is 2.57 bits per heavy atom. The zero-order chi connectivity index (χ0) is 20.8. The minimum atomic E-state index is 0.614. The van der Waals surface area contributed by atoms with Crippen molar-refractivity contribution in [2.24, 2.45) is 0 Å².